The van der Waals surface area contributed by atoms with E-state index < -0.39 is 0 Å². The highest BCUT2D eigenvalue weighted by Crippen LogP contribution is 2.23. The number of piperidine rings is 2. The third kappa shape index (κ3) is 6.23. The van der Waals surface area contributed by atoms with Gasteiger partial charge in [0, 0.05) is 18.6 Å². The van der Waals surface area contributed by atoms with Crippen molar-refractivity contribution < 1.29 is 4.79 Å². The van der Waals surface area contributed by atoms with Crippen LogP contribution in [0.1, 0.15) is 52.9 Å². The predicted molar refractivity (Wildman–Crippen MR) is 97.2 cm³/mol. The average Bonchev–Trinajstić information content (AvgIpc) is 2.46. The summed E-state index contributed by atoms with van der Waals surface area (Å²) in [5, 5.41) is 6.48. The fourth-order valence-electron chi connectivity index (χ4n) is 3.35. The maximum atomic E-state index is 12.2. The quantitative estimate of drug-likeness (QED) is 0.816. The molecule has 2 aliphatic rings. The van der Waals surface area contributed by atoms with E-state index in [1.165, 1.54) is 19.3 Å². The molecule has 1 unspecified atom stereocenters. The van der Waals surface area contributed by atoms with Gasteiger partial charge in [-0.1, -0.05) is 13.3 Å². The van der Waals surface area contributed by atoms with E-state index in [1.54, 1.807) is 0 Å². The number of hydrogen-bond acceptors (Lipinski definition) is 3. The molecule has 4 nitrogen and oxygen atoms in total. The van der Waals surface area contributed by atoms with E-state index in [4.69, 9.17) is 0 Å². The number of hydrogen-bond donors (Lipinski definition) is 2. The molecule has 1 amide bonds. The van der Waals surface area contributed by atoms with E-state index in [0.29, 0.717) is 0 Å². The number of rotatable bonds is 4. The zero-order valence-electron chi connectivity index (χ0n) is 14.2. The summed E-state index contributed by atoms with van der Waals surface area (Å²) in [5.41, 5.74) is 0.0546. The topological polar surface area (TPSA) is 44.4 Å². The Hall–Kier alpha value is -0.0300. The molecule has 22 heavy (non-hydrogen) atoms. The third-order valence-electron chi connectivity index (χ3n) is 4.84. The lowest BCUT2D eigenvalue weighted by atomic mass is 9.93. The van der Waals surface area contributed by atoms with Crippen molar-refractivity contribution in [1.29, 1.82) is 0 Å². The molecule has 2 N–H and O–H groups in total. The maximum Gasteiger partial charge on any atom is 0.237 e. The van der Waals surface area contributed by atoms with Crippen LogP contribution in [0.4, 0.5) is 0 Å². The molecule has 2 rings (SSSR count). The van der Waals surface area contributed by atoms with Gasteiger partial charge in [-0.25, -0.2) is 0 Å². The molecule has 2 fully saturated rings. The molecular formula is C16H33Cl2N3O. The Labute approximate surface area is 148 Å². The van der Waals surface area contributed by atoms with Gasteiger partial charge in [-0.2, -0.15) is 0 Å². The van der Waals surface area contributed by atoms with Gasteiger partial charge in [0.05, 0.1) is 6.04 Å². The molecule has 0 saturated carbocycles. The minimum absolute atomic E-state index is 0. The van der Waals surface area contributed by atoms with Gasteiger partial charge in [-0.3, -0.25) is 9.69 Å². The zero-order valence-corrected chi connectivity index (χ0v) is 15.8. The van der Waals surface area contributed by atoms with Gasteiger partial charge in [0.15, 0.2) is 0 Å². The van der Waals surface area contributed by atoms with Crippen molar-refractivity contribution in [2.75, 3.05) is 26.2 Å². The van der Waals surface area contributed by atoms with Crippen LogP contribution in [-0.4, -0.2) is 48.6 Å². The standard InChI is InChI=1S/C16H31N3O.2ClH/c1-13-7-6-10-19(11-13)16(2,3)12-18-15(20)14-8-4-5-9-17-14;;/h13-14,17H,4-12H2,1-3H3,(H,18,20);2*1H/t13?,14-;;/m1../s1. The van der Waals surface area contributed by atoms with Gasteiger partial charge in [-0.05, 0) is 58.5 Å². The van der Waals surface area contributed by atoms with Crippen molar-refractivity contribution in [2.45, 2.75) is 64.5 Å². The molecule has 132 valence electrons. The lowest BCUT2D eigenvalue weighted by Crippen LogP contribution is -2.56. The molecule has 2 heterocycles. The summed E-state index contributed by atoms with van der Waals surface area (Å²) in [5.74, 6) is 0.960. The molecule has 2 saturated heterocycles. The molecule has 0 aromatic heterocycles. The van der Waals surface area contributed by atoms with E-state index in [2.05, 4.69) is 36.3 Å². The maximum absolute atomic E-state index is 12.2. The van der Waals surface area contributed by atoms with E-state index in [9.17, 15) is 4.79 Å². The van der Waals surface area contributed by atoms with E-state index in [-0.39, 0.29) is 42.3 Å². The average molecular weight is 354 g/mol. The van der Waals surface area contributed by atoms with Crippen LogP contribution in [0, 0.1) is 5.92 Å². The normalized spacial score (nSPS) is 26.5. The number of carbonyl (C=O) groups excluding carboxylic acids is 1. The second-order valence-corrected chi connectivity index (χ2v) is 7.23. The molecule has 6 heteroatoms. The van der Waals surface area contributed by atoms with Gasteiger partial charge in [-0.15, -0.1) is 24.8 Å². The first kappa shape index (κ1) is 22.0. The van der Waals surface area contributed by atoms with Gasteiger partial charge in [0.2, 0.25) is 5.91 Å². The van der Waals surface area contributed by atoms with Crippen molar-refractivity contribution >= 4 is 30.7 Å². The van der Waals surface area contributed by atoms with Gasteiger partial charge >= 0.3 is 0 Å². The number of amides is 1. The molecule has 0 radical (unpaired) electrons. The highest BCUT2D eigenvalue weighted by Gasteiger charge is 2.31. The van der Waals surface area contributed by atoms with Crippen LogP contribution in [0.2, 0.25) is 0 Å². The fraction of sp³-hybridized carbons (Fsp3) is 0.938. The summed E-state index contributed by atoms with van der Waals surface area (Å²) in [6.45, 7) is 10.9. The van der Waals surface area contributed by atoms with Crippen LogP contribution in [-0.2, 0) is 4.79 Å². The van der Waals surface area contributed by atoms with Crippen LogP contribution in [0.25, 0.3) is 0 Å². The zero-order chi connectivity index (χ0) is 14.6. The second-order valence-electron chi connectivity index (χ2n) is 7.23. The second kappa shape index (κ2) is 9.96. The lowest BCUT2D eigenvalue weighted by molar-refractivity contribution is -0.124. The van der Waals surface area contributed by atoms with Crippen molar-refractivity contribution in [3.63, 3.8) is 0 Å². The summed E-state index contributed by atoms with van der Waals surface area (Å²) in [6, 6.07) is 0.0276. The number of halogens is 2. The number of carbonyl (C=O) groups is 1. The Bertz CT molecular complexity index is 333. The molecule has 2 aliphatic heterocycles. The minimum Gasteiger partial charge on any atom is -0.353 e. The van der Waals surface area contributed by atoms with Crippen LogP contribution < -0.4 is 10.6 Å². The molecule has 0 bridgehead atoms. The largest absolute Gasteiger partial charge is 0.353 e. The Kier molecular flexibility index (Phi) is 9.95. The lowest BCUT2D eigenvalue weighted by Gasteiger charge is -2.43. The Morgan fingerprint density at radius 3 is 2.55 bits per heavy atom. The van der Waals surface area contributed by atoms with Crippen LogP contribution in [0.5, 0.6) is 0 Å². The summed E-state index contributed by atoms with van der Waals surface area (Å²) in [4.78, 5) is 14.7. The van der Waals surface area contributed by atoms with Gasteiger partial charge in [0.25, 0.3) is 0 Å². The first-order valence-electron chi connectivity index (χ1n) is 8.25. The summed E-state index contributed by atoms with van der Waals surface area (Å²) >= 11 is 0. The van der Waals surface area contributed by atoms with Crippen molar-refractivity contribution in [3.8, 4) is 0 Å². The van der Waals surface area contributed by atoms with Crippen LogP contribution >= 0.6 is 24.8 Å². The summed E-state index contributed by atoms with van der Waals surface area (Å²) in [6.07, 6.45) is 5.96. The highest BCUT2D eigenvalue weighted by molar-refractivity contribution is 5.85. The van der Waals surface area contributed by atoms with Crippen molar-refractivity contribution in [3.05, 3.63) is 0 Å². The minimum atomic E-state index is 0. The molecule has 2 atom stereocenters. The van der Waals surface area contributed by atoms with Crippen molar-refractivity contribution in [2.24, 2.45) is 5.92 Å². The van der Waals surface area contributed by atoms with Gasteiger partial charge in [0.1, 0.15) is 0 Å². The highest BCUT2D eigenvalue weighted by atomic mass is 35.5. The molecule has 0 spiro atoms. The molecule has 0 aromatic rings. The summed E-state index contributed by atoms with van der Waals surface area (Å²) < 4.78 is 0. The molecule has 0 aliphatic carbocycles. The monoisotopic (exact) mass is 353 g/mol. The van der Waals surface area contributed by atoms with E-state index in [0.717, 1.165) is 44.9 Å². The third-order valence-corrected chi connectivity index (χ3v) is 4.84. The van der Waals surface area contributed by atoms with E-state index >= 15 is 0 Å². The molecule has 0 aromatic carbocycles. The first-order chi connectivity index (χ1) is 9.49. The Morgan fingerprint density at radius 2 is 1.95 bits per heavy atom. The Balaban J connectivity index is 0.00000220. The first-order valence-corrected chi connectivity index (χ1v) is 8.25. The van der Waals surface area contributed by atoms with Crippen molar-refractivity contribution in [1.82, 2.24) is 15.5 Å². The SMILES string of the molecule is CC1CCCN(C(C)(C)CNC(=O)[C@H]2CCCCN2)C1.Cl.Cl. The number of nitrogens with zero attached hydrogens (tertiary/aromatic N) is 1. The number of likely N-dealkylation sites (tertiary alicyclic amines) is 1. The van der Waals surface area contributed by atoms with E-state index in [1.807, 2.05) is 0 Å². The number of nitrogens with one attached hydrogen (secondary N) is 2. The Morgan fingerprint density at radius 1 is 1.23 bits per heavy atom. The summed E-state index contributed by atoms with van der Waals surface area (Å²) in [7, 11) is 0. The van der Waals surface area contributed by atoms with Crippen LogP contribution in [0.3, 0.4) is 0 Å². The smallest absolute Gasteiger partial charge is 0.237 e. The molecular weight excluding hydrogens is 321 g/mol. The fourth-order valence-corrected chi connectivity index (χ4v) is 3.35. The predicted octanol–water partition coefficient (Wildman–Crippen LogP) is 2.60. The van der Waals surface area contributed by atoms with Gasteiger partial charge < -0.3 is 10.6 Å². The van der Waals surface area contributed by atoms with Crippen LogP contribution in [0.15, 0.2) is 0 Å².